The molecule has 2 rings (SSSR count). The molecule has 0 radical (unpaired) electrons. The Balaban J connectivity index is 2.33. The topological polar surface area (TPSA) is 45.2 Å². The lowest BCUT2D eigenvalue weighted by Gasteiger charge is -2.25. The number of allylic oxidation sites excluding steroid dienone is 2. The lowest BCUT2D eigenvalue weighted by Crippen LogP contribution is -2.34. The van der Waals surface area contributed by atoms with Crippen molar-refractivity contribution in [3.8, 4) is 0 Å². The van der Waals surface area contributed by atoms with Crippen molar-refractivity contribution < 1.29 is 4.79 Å². The van der Waals surface area contributed by atoms with Crippen LogP contribution >= 0.6 is 0 Å². The van der Waals surface area contributed by atoms with E-state index in [0.29, 0.717) is 6.54 Å². The van der Waals surface area contributed by atoms with E-state index in [0.717, 1.165) is 22.5 Å². The zero-order chi connectivity index (χ0) is 14.0. The highest BCUT2D eigenvalue weighted by atomic mass is 16.2. The summed E-state index contributed by atoms with van der Waals surface area (Å²) in [6.45, 7) is 8.34. The Bertz CT molecular complexity index is 548. The molecule has 4 heteroatoms. The first kappa shape index (κ1) is 13.3. The van der Waals surface area contributed by atoms with E-state index < -0.39 is 0 Å². The standard InChI is InChI=1S/C15H19N3O/c1-5-6-10(2)11(3)18-9-13-12(15(18)19)7-8-17-14(13)16-4/h5-8,11H,1,9H2,2-4H3,(H,16,17)/b10-6+. The molecule has 1 amide bonds. The van der Waals surface area contributed by atoms with E-state index in [4.69, 9.17) is 0 Å². The van der Waals surface area contributed by atoms with Crippen molar-refractivity contribution in [3.63, 3.8) is 0 Å². The third kappa shape index (κ3) is 2.26. The lowest BCUT2D eigenvalue weighted by atomic mass is 10.1. The number of fused-ring (bicyclic) bond motifs is 1. The number of hydrogen-bond donors (Lipinski definition) is 1. The molecule has 0 bridgehead atoms. The Hall–Kier alpha value is -2.10. The highest BCUT2D eigenvalue weighted by Crippen LogP contribution is 2.30. The van der Waals surface area contributed by atoms with Gasteiger partial charge in [0, 0.05) is 24.4 Å². The molecule has 1 aromatic rings. The van der Waals surface area contributed by atoms with Gasteiger partial charge in [-0.15, -0.1) is 0 Å². The van der Waals surface area contributed by atoms with E-state index >= 15 is 0 Å². The molecule has 0 saturated heterocycles. The fourth-order valence-electron chi connectivity index (χ4n) is 2.35. The molecule has 0 aromatic carbocycles. The molecule has 1 aromatic heterocycles. The zero-order valence-electron chi connectivity index (χ0n) is 11.6. The van der Waals surface area contributed by atoms with Crippen molar-refractivity contribution in [2.75, 3.05) is 12.4 Å². The van der Waals surface area contributed by atoms with Crippen LogP contribution in [-0.4, -0.2) is 28.9 Å². The van der Waals surface area contributed by atoms with Gasteiger partial charge in [-0.05, 0) is 19.9 Å². The number of pyridine rings is 1. The quantitative estimate of drug-likeness (QED) is 0.843. The number of hydrogen-bond acceptors (Lipinski definition) is 3. The summed E-state index contributed by atoms with van der Waals surface area (Å²) in [6, 6.07) is 1.85. The fourth-order valence-corrected chi connectivity index (χ4v) is 2.35. The first-order valence-corrected chi connectivity index (χ1v) is 6.36. The predicted octanol–water partition coefficient (Wildman–Crippen LogP) is 2.60. The zero-order valence-corrected chi connectivity index (χ0v) is 11.6. The molecule has 1 unspecified atom stereocenters. The van der Waals surface area contributed by atoms with Crippen LogP contribution in [0.5, 0.6) is 0 Å². The number of nitrogens with one attached hydrogen (secondary N) is 1. The molecule has 0 aliphatic carbocycles. The van der Waals surface area contributed by atoms with Gasteiger partial charge in [0.25, 0.3) is 5.91 Å². The molecule has 1 N–H and O–H groups in total. The first-order valence-electron chi connectivity index (χ1n) is 6.36. The number of carbonyl (C=O) groups is 1. The molecule has 2 heterocycles. The lowest BCUT2D eigenvalue weighted by molar-refractivity contribution is 0.0741. The Kier molecular flexibility index (Phi) is 3.69. The molecule has 1 aliphatic rings. The number of rotatable bonds is 4. The Morgan fingerprint density at radius 1 is 1.63 bits per heavy atom. The molecule has 19 heavy (non-hydrogen) atoms. The second-order valence-electron chi connectivity index (χ2n) is 4.69. The Labute approximate surface area is 113 Å². The van der Waals surface area contributed by atoms with Crippen molar-refractivity contribution >= 4 is 11.7 Å². The molecular formula is C15H19N3O. The highest BCUT2D eigenvalue weighted by Gasteiger charge is 2.33. The average molecular weight is 257 g/mol. The van der Waals surface area contributed by atoms with Crippen molar-refractivity contribution in [1.29, 1.82) is 0 Å². The molecule has 0 fully saturated rings. The highest BCUT2D eigenvalue weighted by molar-refractivity contribution is 6.00. The van der Waals surface area contributed by atoms with Crippen molar-refractivity contribution in [1.82, 2.24) is 9.88 Å². The minimum Gasteiger partial charge on any atom is -0.373 e. The Morgan fingerprint density at radius 2 is 2.37 bits per heavy atom. The summed E-state index contributed by atoms with van der Waals surface area (Å²) in [5.74, 6) is 0.851. The first-order chi connectivity index (χ1) is 9.10. The fraction of sp³-hybridized carbons (Fsp3) is 0.333. The molecule has 100 valence electrons. The smallest absolute Gasteiger partial charge is 0.255 e. The van der Waals surface area contributed by atoms with Gasteiger partial charge in [-0.3, -0.25) is 4.79 Å². The number of anilines is 1. The van der Waals surface area contributed by atoms with E-state index in [1.54, 1.807) is 18.3 Å². The Morgan fingerprint density at radius 3 is 3.00 bits per heavy atom. The van der Waals surface area contributed by atoms with Gasteiger partial charge < -0.3 is 10.2 Å². The third-order valence-electron chi connectivity index (χ3n) is 3.62. The summed E-state index contributed by atoms with van der Waals surface area (Å²) in [7, 11) is 1.82. The summed E-state index contributed by atoms with van der Waals surface area (Å²) in [4.78, 5) is 18.6. The summed E-state index contributed by atoms with van der Waals surface area (Å²) in [6.07, 6.45) is 5.36. The largest absolute Gasteiger partial charge is 0.373 e. The molecule has 0 saturated carbocycles. The van der Waals surface area contributed by atoms with Gasteiger partial charge >= 0.3 is 0 Å². The predicted molar refractivity (Wildman–Crippen MR) is 77.1 cm³/mol. The van der Waals surface area contributed by atoms with Gasteiger partial charge in [0.1, 0.15) is 5.82 Å². The van der Waals surface area contributed by atoms with Gasteiger partial charge in [-0.25, -0.2) is 4.98 Å². The van der Waals surface area contributed by atoms with Crippen molar-refractivity contribution in [3.05, 3.63) is 47.7 Å². The van der Waals surface area contributed by atoms with E-state index in [1.165, 1.54) is 0 Å². The normalized spacial score (nSPS) is 16.3. The van der Waals surface area contributed by atoms with Crippen LogP contribution in [0.2, 0.25) is 0 Å². The third-order valence-corrected chi connectivity index (χ3v) is 3.62. The number of aromatic nitrogens is 1. The van der Waals surface area contributed by atoms with Crippen molar-refractivity contribution in [2.45, 2.75) is 26.4 Å². The van der Waals surface area contributed by atoms with Gasteiger partial charge in [-0.2, -0.15) is 0 Å². The van der Waals surface area contributed by atoms with Gasteiger partial charge in [0.2, 0.25) is 0 Å². The summed E-state index contributed by atoms with van der Waals surface area (Å²) < 4.78 is 0. The number of nitrogens with zero attached hydrogens (tertiary/aromatic N) is 2. The van der Waals surface area contributed by atoms with Crippen LogP contribution in [-0.2, 0) is 6.54 Å². The number of carbonyl (C=O) groups excluding carboxylic acids is 1. The van der Waals surface area contributed by atoms with E-state index in [-0.39, 0.29) is 11.9 Å². The van der Waals surface area contributed by atoms with Crippen LogP contribution in [0, 0.1) is 0 Å². The number of amides is 1. The van der Waals surface area contributed by atoms with E-state index in [9.17, 15) is 4.79 Å². The van der Waals surface area contributed by atoms with Crippen LogP contribution in [0.4, 0.5) is 5.82 Å². The van der Waals surface area contributed by atoms with Crippen LogP contribution in [0.15, 0.2) is 36.6 Å². The van der Waals surface area contributed by atoms with E-state index in [1.807, 2.05) is 31.9 Å². The molecule has 4 nitrogen and oxygen atoms in total. The van der Waals surface area contributed by atoms with Crippen LogP contribution in [0.3, 0.4) is 0 Å². The maximum absolute atomic E-state index is 12.4. The van der Waals surface area contributed by atoms with Gasteiger partial charge in [-0.1, -0.05) is 24.3 Å². The molecule has 1 aliphatic heterocycles. The SMILES string of the molecule is C=C/C=C(\C)C(C)N1Cc2c(ccnc2NC)C1=O. The minimum absolute atomic E-state index is 0.0580. The maximum Gasteiger partial charge on any atom is 0.255 e. The van der Waals surface area contributed by atoms with Crippen molar-refractivity contribution in [2.24, 2.45) is 0 Å². The molecular weight excluding hydrogens is 238 g/mol. The summed E-state index contributed by atoms with van der Waals surface area (Å²) in [5.41, 5.74) is 2.85. The van der Waals surface area contributed by atoms with Crippen LogP contribution in [0.1, 0.15) is 29.8 Å². The molecule has 1 atom stereocenters. The monoisotopic (exact) mass is 257 g/mol. The summed E-state index contributed by atoms with van der Waals surface area (Å²) in [5, 5.41) is 3.04. The average Bonchev–Trinajstić information content (AvgIpc) is 2.75. The van der Waals surface area contributed by atoms with Gasteiger partial charge in [0.15, 0.2) is 0 Å². The van der Waals surface area contributed by atoms with Crippen LogP contribution in [0.25, 0.3) is 0 Å². The summed E-state index contributed by atoms with van der Waals surface area (Å²) >= 11 is 0. The van der Waals surface area contributed by atoms with E-state index in [2.05, 4.69) is 16.9 Å². The maximum atomic E-state index is 12.4. The minimum atomic E-state index is 0.0580. The van der Waals surface area contributed by atoms with Gasteiger partial charge in [0.05, 0.1) is 12.6 Å². The second kappa shape index (κ2) is 5.26. The molecule has 0 spiro atoms. The van der Waals surface area contributed by atoms with Crippen LogP contribution < -0.4 is 5.32 Å². The second-order valence-corrected chi connectivity index (χ2v) is 4.69.